The molecule has 4 rings (SSSR count). The lowest BCUT2D eigenvalue weighted by Crippen LogP contribution is -2.39. The molecule has 36 heavy (non-hydrogen) atoms. The summed E-state index contributed by atoms with van der Waals surface area (Å²) in [5.74, 6) is -1.21. The molecule has 2 nitrogen and oxygen atoms in total. The zero-order valence-corrected chi connectivity index (χ0v) is 21.6. The van der Waals surface area contributed by atoms with Crippen LogP contribution in [0.15, 0.2) is 66.7 Å². The minimum absolute atomic E-state index is 0.0425. The fourth-order valence-corrected chi connectivity index (χ4v) is 5.65. The molecule has 1 N–H and O–H groups in total. The summed E-state index contributed by atoms with van der Waals surface area (Å²) in [6, 6.07) is 21.1. The van der Waals surface area contributed by atoms with Crippen molar-refractivity contribution >= 4 is 5.91 Å². The van der Waals surface area contributed by atoms with Crippen LogP contribution in [0.25, 0.3) is 0 Å². The third-order valence-corrected chi connectivity index (χ3v) is 7.64. The zero-order chi connectivity index (χ0) is 25.7. The molecule has 0 heterocycles. The molecule has 0 fully saturated rings. The van der Waals surface area contributed by atoms with E-state index in [4.69, 9.17) is 0 Å². The number of carbonyl (C=O) groups is 1. The van der Waals surface area contributed by atoms with Crippen LogP contribution in [0.5, 0.6) is 0 Å². The lowest BCUT2D eigenvalue weighted by Gasteiger charge is -2.40. The van der Waals surface area contributed by atoms with E-state index in [0.717, 1.165) is 49.8 Å². The largest absolute Gasteiger partial charge is 0.351 e. The van der Waals surface area contributed by atoms with E-state index in [1.54, 1.807) is 0 Å². The van der Waals surface area contributed by atoms with Crippen LogP contribution in [0.2, 0.25) is 0 Å². The van der Waals surface area contributed by atoms with E-state index >= 15 is 0 Å². The van der Waals surface area contributed by atoms with Crippen molar-refractivity contribution < 1.29 is 13.6 Å². The zero-order valence-electron chi connectivity index (χ0n) is 21.6. The van der Waals surface area contributed by atoms with E-state index in [2.05, 4.69) is 68.6 Å². The third kappa shape index (κ3) is 6.03. The first-order chi connectivity index (χ1) is 17.4. The van der Waals surface area contributed by atoms with Gasteiger partial charge in [-0.05, 0) is 83.4 Å². The van der Waals surface area contributed by atoms with Gasteiger partial charge in [0.05, 0.1) is 5.92 Å². The number of hydrogen-bond donors (Lipinski definition) is 1. The summed E-state index contributed by atoms with van der Waals surface area (Å²) in [6.45, 7) is 6.77. The van der Waals surface area contributed by atoms with Gasteiger partial charge in [0.2, 0.25) is 5.91 Å². The maximum atomic E-state index is 13.7. The predicted molar refractivity (Wildman–Crippen MR) is 142 cm³/mol. The molecule has 3 unspecified atom stereocenters. The lowest BCUT2D eigenvalue weighted by molar-refractivity contribution is -0.124. The topological polar surface area (TPSA) is 29.1 Å². The number of halogens is 2. The molecule has 3 atom stereocenters. The number of aryl methyl sites for hydroxylation is 1. The molecule has 0 radical (unpaired) electrons. The second kappa shape index (κ2) is 11.8. The van der Waals surface area contributed by atoms with Crippen molar-refractivity contribution in [3.8, 4) is 0 Å². The van der Waals surface area contributed by atoms with E-state index in [0.29, 0.717) is 17.4 Å². The Balaban J connectivity index is 1.65. The first kappa shape index (κ1) is 26.1. The number of carbonyl (C=O) groups excluding carboxylic acids is 1. The molecule has 0 saturated heterocycles. The summed E-state index contributed by atoms with van der Waals surface area (Å²) in [6.07, 6.45) is 5.24. The normalized spacial score (nSPS) is 19.2. The highest BCUT2D eigenvalue weighted by atomic mass is 19.2. The Hall–Kier alpha value is -3.01. The summed E-state index contributed by atoms with van der Waals surface area (Å²) in [5.41, 5.74) is 5.60. The molecular formula is C32H37F2NO. The van der Waals surface area contributed by atoms with Crippen molar-refractivity contribution in [3.63, 3.8) is 0 Å². The molecule has 1 aliphatic carbocycles. The van der Waals surface area contributed by atoms with E-state index in [-0.39, 0.29) is 24.3 Å². The Morgan fingerprint density at radius 2 is 1.67 bits per heavy atom. The lowest BCUT2D eigenvalue weighted by atomic mass is 9.64. The molecule has 0 bridgehead atoms. The van der Waals surface area contributed by atoms with E-state index in [1.807, 2.05) is 6.07 Å². The van der Waals surface area contributed by atoms with Gasteiger partial charge in [-0.2, -0.15) is 0 Å². The van der Waals surface area contributed by atoms with Crippen LogP contribution < -0.4 is 5.32 Å². The molecule has 3 aromatic carbocycles. The quantitative estimate of drug-likeness (QED) is 0.328. The number of hydrogen-bond acceptors (Lipinski definition) is 1. The molecule has 1 aliphatic rings. The van der Waals surface area contributed by atoms with Gasteiger partial charge in [0.15, 0.2) is 11.6 Å². The van der Waals surface area contributed by atoms with Gasteiger partial charge in [-0.15, -0.1) is 0 Å². The minimum Gasteiger partial charge on any atom is -0.351 e. The van der Waals surface area contributed by atoms with Crippen LogP contribution in [-0.2, 0) is 24.2 Å². The summed E-state index contributed by atoms with van der Waals surface area (Å²) < 4.78 is 27.0. The number of nitrogens with one attached hydrogen (secondary N) is 1. The highest BCUT2D eigenvalue weighted by Crippen LogP contribution is 2.47. The van der Waals surface area contributed by atoms with E-state index < -0.39 is 11.6 Å². The standard InChI is InChI=1S/C32H37F2NO/c1-4-5-9-23-12-14-26-28(17-23)25(16-22-10-7-6-8-11-22)19-27(21(2)3)31(26)32(36)35-20-24-13-15-29(33)30(34)18-24/h6-8,10-15,17-18,21,25,27,31H,4-5,9,16,19-20H2,1-3H3,(H,35,36). The van der Waals surface area contributed by atoms with Gasteiger partial charge in [-0.25, -0.2) is 8.78 Å². The fraction of sp³-hybridized carbons (Fsp3) is 0.406. The van der Waals surface area contributed by atoms with E-state index in [1.165, 1.54) is 22.8 Å². The Morgan fingerprint density at radius 1 is 0.917 bits per heavy atom. The maximum Gasteiger partial charge on any atom is 0.228 e. The highest BCUT2D eigenvalue weighted by Gasteiger charge is 2.40. The highest BCUT2D eigenvalue weighted by molar-refractivity contribution is 5.85. The maximum absolute atomic E-state index is 13.7. The van der Waals surface area contributed by atoms with Crippen molar-refractivity contribution in [2.24, 2.45) is 11.8 Å². The Kier molecular flexibility index (Phi) is 8.56. The van der Waals surface area contributed by atoms with Gasteiger partial charge >= 0.3 is 0 Å². The van der Waals surface area contributed by atoms with Gasteiger partial charge in [0.1, 0.15) is 0 Å². The summed E-state index contributed by atoms with van der Waals surface area (Å²) in [4.78, 5) is 13.6. The van der Waals surface area contributed by atoms with Crippen LogP contribution in [0.4, 0.5) is 8.78 Å². The number of benzene rings is 3. The van der Waals surface area contributed by atoms with Crippen molar-refractivity contribution in [2.75, 3.05) is 0 Å². The van der Waals surface area contributed by atoms with Crippen LogP contribution in [0.3, 0.4) is 0 Å². The first-order valence-corrected chi connectivity index (χ1v) is 13.3. The SMILES string of the molecule is CCCCc1ccc2c(c1)C(Cc1ccccc1)CC(C(C)C)C2C(=O)NCc1ccc(F)c(F)c1. The van der Waals surface area contributed by atoms with Gasteiger partial charge in [0, 0.05) is 6.54 Å². The number of fused-ring (bicyclic) bond motifs is 1. The Bertz CT molecular complexity index is 1170. The number of unbranched alkanes of at least 4 members (excludes halogenated alkanes) is 1. The fourth-order valence-electron chi connectivity index (χ4n) is 5.65. The average molecular weight is 490 g/mol. The van der Waals surface area contributed by atoms with Gasteiger partial charge in [-0.3, -0.25) is 4.79 Å². The van der Waals surface area contributed by atoms with Crippen molar-refractivity contribution in [3.05, 3.63) is 106 Å². The molecule has 0 aromatic heterocycles. The molecule has 190 valence electrons. The smallest absolute Gasteiger partial charge is 0.228 e. The number of amides is 1. The molecule has 0 spiro atoms. The van der Waals surface area contributed by atoms with Crippen molar-refractivity contribution in [1.29, 1.82) is 0 Å². The predicted octanol–water partition coefficient (Wildman–Crippen LogP) is 7.71. The Morgan fingerprint density at radius 3 is 2.36 bits per heavy atom. The molecule has 0 saturated carbocycles. The summed E-state index contributed by atoms with van der Waals surface area (Å²) in [5, 5.41) is 3.03. The second-order valence-electron chi connectivity index (χ2n) is 10.5. The average Bonchev–Trinajstić information content (AvgIpc) is 2.88. The monoisotopic (exact) mass is 489 g/mol. The van der Waals surface area contributed by atoms with E-state index in [9.17, 15) is 13.6 Å². The van der Waals surface area contributed by atoms with Crippen LogP contribution in [0.1, 0.15) is 79.7 Å². The molecule has 3 aromatic rings. The molecule has 1 amide bonds. The van der Waals surface area contributed by atoms with Crippen LogP contribution in [0, 0.1) is 23.5 Å². The Labute approximate surface area is 214 Å². The van der Waals surface area contributed by atoms with Crippen LogP contribution >= 0.6 is 0 Å². The van der Waals surface area contributed by atoms with Gasteiger partial charge in [0.25, 0.3) is 0 Å². The second-order valence-corrected chi connectivity index (χ2v) is 10.5. The first-order valence-electron chi connectivity index (χ1n) is 13.3. The third-order valence-electron chi connectivity index (χ3n) is 7.64. The van der Waals surface area contributed by atoms with Gasteiger partial charge in [-0.1, -0.05) is 81.8 Å². The summed E-state index contributed by atoms with van der Waals surface area (Å²) in [7, 11) is 0. The van der Waals surface area contributed by atoms with Crippen molar-refractivity contribution in [1.82, 2.24) is 5.32 Å². The van der Waals surface area contributed by atoms with Gasteiger partial charge < -0.3 is 5.32 Å². The minimum atomic E-state index is -0.895. The van der Waals surface area contributed by atoms with Crippen LogP contribution in [-0.4, -0.2) is 5.91 Å². The molecule has 0 aliphatic heterocycles. The molecular weight excluding hydrogens is 452 g/mol. The summed E-state index contributed by atoms with van der Waals surface area (Å²) >= 11 is 0. The molecule has 4 heteroatoms. The number of rotatable bonds is 9. The van der Waals surface area contributed by atoms with Crippen molar-refractivity contribution in [2.45, 2.75) is 71.3 Å².